The number of alkyl halides is 6. The Hall–Kier alpha value is -1.44. The molecular weight excluding hydrogens is 302 g/mol. The quantitative estimate of drug-likeness (QED) is 0.825. The lowest BCUT2D eigenvalue weighted by Crippen LogP contribution is -2.17. The molecule has 0 spiro atoms. The fourth-order valence-corrected chi connectivity index (χ4v) is 1.85. The summed E-state index contributed by atoms with van der Waals surface area (Å²) >= 11 is 0. The minimum Gasteiger partial charge on any atom is -0.493 e. The lowest BCUT2D eigenvalue weighted by atomic mass is 9.96. The summed E-state index contributed by atoms with van der Waals surface area (Å²) in [6.45, 7) is 2.72. The normalized spacial score (nSPS) is 14.1. The van der Waals surface area contributed by atoms with Crippen molar-refractivity contribution < 1.29 is 36.2 Å². The van der Waals surface area contributed by atoms with E-state index in [0.29, 0.717) is 6.07 Å². The highest BCUT2D eigenvalue weighted by atomic mass is 19.4. The fraction of sp³-hybridized carbons (Fsp3) is 0.538. The Bertz CT molecular complexity index is 493. The van der Waals surface area contributed by atoms with Crippen LogP contribution in [0.1, 0.15) is 43.1 Å². The smallest absolute Gasteiger partial charge is 0.416 e. The predicted molar refractivity (Wildman–Crippen MR) is 62.9 cm³/mol. The molecule has 0 fully saturated rings. The third kappa shape index (κ3) is 4.03. The summed E-state index contributed by atoms with van der Waals surface area (Å²) in [6.07, 6.45) is -11.6. The Morgan fingerprint density at radius 2 is 1.62 bits per heavy atom. The van der Waals surface area contributed by atoms with E-state index >= 15 is 0 Å². The van der Waals surface area contributed by atoms with Crippen molar-refractivity contribution in [2.24, 2.45) is 0 Å². The Kier molecular flexibility index (Phi) is 5.14. The standard InChI is InChI=1S/C13H14F6O2/c1-3-9(20)11-8(13(17,18)19)5-7(12(14,15)16)6-10(11)21-4-2/h5-6,9,20H,3-4H2,1-2H3. The van der Waals surface area contributed by atoms with E-state index in [1.54, 1.807) is 0 Å². The highest BCUT2D eigenvalue weighted by Crippen LogP contribution is 2.44. The summed E-state index contributed by atoms with van der Waals surface area (Å²) in [4.78, 5) is 0. The van der Waals surface area contributed by atoms with Crippen LogP contribution in [0.15, 0.2) is 12.1 Å². The van der Waals surface area contributed by atoms with Crippen molar-refractivity contribution in [3.05, 3.63) is 28.8 Å². The van der Waals surface area contributed by atoms with Gasteiger partial charge in [0.25, 0.3) is 0 Å². The van der Waals surface area contributed by atoms with E-state index in [4.69, 9.17) is 4.74 Å². The van der Waals surface area contributed by atoms with Gasteiger partial charge in [-0.1, -0.05) is 6.92 Å². The first-order valence-corrected chi connectivity index (χ1v) is 6.15. The zero-order chi connectivity index (χ0) is 16.4. The summed E-state index contributed by atoms with van der Waals surface area (Å²) in [7, 11) is 0. The van der Waals surface area contributed by atoms with E-state index in [1.807, 2.05) is 0 Å². The van der Waals surface area contributed by atoms with Crippen LogP contribution in [0, 0.1) is 0 Å². The first-order chi connectivity index (χ1) is 9.52. The summed E-state index contributed by atoms with van der Waals surface area (Å²) in [5, 5.41) is 9.71. The molecule has 0 aliphatic heterocycles. The van der Waals surface area contributed by atoms with Crippen molar-refractivity contribution in [2.75, 3.05) is 6.61 Å². The monoisotopic (exact) mass is 316 g/mol. The number of halogens is 6. The second kappa shape index (κ2) is 6.13. The van der Waals surface area contributed by atoms with E-state index in [-0.39, 0.29) is 19.1 Å². The molecule has 1 N–H and O–H groups in total. The van der Waals surface area contributed by atoms with Crippen molar-refractivity contribution in [1.82, 2.24) is 0 Å². The van der Waals surface area contributed by atoms with Crippen LogP contribution in [-0.4, -0.2) is 11.7 Å². The number of ether oxygens (including phenoxy) is 1. The predicted octanol–water partition coefficient (Wildman–Crippen LogP) is 4.57. The number of benzene rings is 1. The number of aliphatic hydroxyl groups is 1. The Morgan fingerprint density at radius 3 is 2.00 bits per heavy atom. The molecule has 21 heavy (non-hydrogen) atoms. The minimum atomic E-state index is -5.03. The molecule has 0 heterocycles. The molecule has 1 unspecified atom stereocenters. The Labute approximate surface area is 117 Å². The second-order valence-corrected chi connectivity index (χ2v) is 4.29. The average molecular weight is 316 g/mol. The lowest BCUT2D eigenvalue weighted by Gasteiger charge is -2.22. The molecule has 1 aromatic carbocycles. The van der Waals surface area contributed by atoms with Crippen molar-refractivity contribution in [1.29, 1.82) is 0 Å². The summed E-state index contributed by atoms with van der Waals surface area (Å²) in [6, 6.07) is 0.476. The fourth-order valence-electron chi connectivity index (χ4n) is 1.85. The molecule has 2 nitrogen and oxygen atoms in total. The van der Waals surface area contributed by atoms with Gasteiger partial charge in [0.2, 0.25) is 0 Å². The minimum absolute atomic E-state index is 0.00324. The van der Waals surface area contributed by atoms with Crippen LogP contribution >= 0.6 is 0 Å². The zero-order valence-electron chi connectivity index (χ0n) is 11.3. The van der Waals surface area contributed by atoms with Gasteiger partial charge in [0, 0.05) is 5.56 Å². The van der Waals surface area contributed by atoms with Gasteiger partial charge in [0.1, 0.15) is 5.75 Å². The largest absolute Gasteiger partial charge is 0.493 e. The van der Waals surface area contributed by atoms with Gasteiger partial charge < -0.3 is 9.84 Å². The molecule has 0 saturated heterocycles. The van der Waals surface area contributed by atoms with Crippen molar-refractivity contribution in [3.8, 4) is 5.75 Å². The highest BCUT2D eigenvalue weighted by molar-refractivity contribution is 5.47. The van der Waals surface area contributed by atoms with Crippen molar-refractivity contribution in [2.45, 2.75) is 38.7 Å². The molecule has 8 heteroatoms. The Balaban J connectivity index is 3.66. The van der Waals surface area contributed by atoms with Gasteiger partial charge in [-0.15, -0.1) is 0 Å². The highest BCUT2D eigenvalue weighted by Gasteiger charge is 2.41. The molecule has 0 aliphatic carbocycles. The zero-order valence-corrected chi connectivity index (χ0v) is 11.3. The Morgan fingerprint density at radius 1 is 1.05 bits per heavy atom. The van der Waals surface area contributed by atoms with E-state index in [2.05, 4.69) is 0 Å². The number of aliphatic hydroxyl groups excluding tert-OH is 1. The van der Waals surface area contributed by atoms with Crippen LogP contribution in [0.5, 0.6) is 5.75 Å². The van der Waals surface area contributed by atoms with Crippen LogP contribution in [0.25, 0.3) is 0 Å². The molecule has 0 radical (unpaired) electrons. The summed E-state index contributed by atoms with van der Waals surface area (Å²) < 4.78 is 82.0. The van der Waals surface area contributed by atoms with Gasteiger partial charge in [-0.3, -0.25) is 0 Å². The molecule has 0 aliphatic rings. The topological polar surface area (TPSA) is 29.5 Å². The maximum Gasteiger partial charge on any atom is 0.416 e. The third-order valence-corrected chi connectivity index (χ3v) is 2.79. The van der Waals surface area contributed by atoms with Gasteiger partial charge in [-0.25, -0.2) is 0 Å². The lowest BCUT2D eigenvalue weighted by molar-refractivity contribution is -0.144. The number of hydrogen-bond acceptors (Lipinski definition) is 2. The van der Waals surface area contributed by atoms with E-state index in [1.165, 1.54) is 13.8 Å². The van der Waals surface area contributed by atoms with Crippen LogP contribution < -0.4 is 4.74 Å². The molecule has 1 atom stereocenters. The van der Waals surface area contributed by atoms with Crippen LogP contribution in [0.3, 0.4) is 0 Å². The number of hydrogen-bond donors (Lipinski definition) is 1. The number of rotatable bonds is 4. The second-order valence-electron chi connectivity index (χ2n) is 4.29. The maximum atomic E-state index is 13.0. The first kappa shape index (κ1) is 17.6. The molecule has 120 valence electrons. The molecule has 0 saturated carbocycles. The van der Waals surface area contributed by atoms with Crippen LogP contribution in [-0.2, 0) is 12.4 Å². The molecule has 0 aromatic heterocycles. The summed E-state index contributed by atoms with van der Waals surface area (Å²) in [5.74, 6) is -0.603. The van der Waals surface area contributed by atoms with Crippen molar-refractivity contribution >= 4 is 0 Å². The maximum absolute atomic E-state index is 13.0. The molecule has 0 amide bonds. The van der Waals surface area contributed by atoms with Crippen LogP contribution in [0.4, 0.5) is 26.3 Å². The van der Waals surface area contributed by atoms with E-state index in [9.17, 15) is 31.4 Å². The van der Waals surface area contributed by atoms with E-state index in [0.717, 1.165) is 0 Å². The van der Waals surface area contributed by atoms with Gasteiger partial charge in [-0.05, 0) is 25.5 Å². The van der Waals surface area contributed by atoms with Gasteiger partial charge in [-0.2, -0.15) is 26.3 Å². The van der Waals surface area contributed by atoms with Gasteiger partial charge >= 0.3 is 12.4 Å². The molecule has 1 rings (SSSR count). The van der Waals surface area contributed by atoms with Crippen molar-refractivity contribution in [3.63, 3.8) is 0 Å². The molecular formula is C13H14F6O2. The SMILES string of the molecule is CCOc1cc(C(F)(F)F)cc(C(F)(F)F)c1C(O)CC. The van der Waals surface area contributed by atoms with Gasteiger partial charge in [0.05, 0.1) is 23.8 Å². The van der Waals surface area contributed by atoms with Gasteiger partial charge in [0.15, 0.2) is 0 Å². The van der Waals surface area contributed by atoms with E-state index < -0.39 is 40.9 Å². The third-order valence-electron chi connectivity index (χ3n) is 2.79. The molecule has 0 bridgehead atoms. The van der Waals surface area contributed by atoms with Crippen LogP contribution in [0.2, 0.25) is 0 Å². The summed E-state index contributed by atoms with van der Waals surface area (Å²) in [5.41, 5.74) is -3.67. The average Bonchev–Trinajstić information content (AvgIpc) is 2.35. The molecule has 1 aromatic rings. The first-order valence-electron chi connectivity index (χ1n) is 6.15.